The number of rotatable bonds is 6. The molecular formula is C26H26N2O4. The van der Waals surface area contributed by atoms with Crippen LogP contribution in [-0.2, 0) is 0 Å². The van der Waals surface area contributed by atoms with Gasteiger partial charge in [0.2, 0.25) is 0 Å². The van der Waals surface area contributed by atoms with Crippen LogP contribution in [0.5, 0.6) is 5.75 Å². The lowest BCUT2D eigenvalue weighted by atomic mass is 9.97. The number of aryl methyl sites for hydroxylation is 1. The van der Waals surface area contributed by atoms with Crippen molar-refractivity contribution in [3.8, 4) is 5.75 Å². The third kappa shape index (κ3) is 4.59. The Kier molecular flexibility index (Phi) is 6.12. The highest BCUT2D eigenvalue weighted by Crippen LogP contribution is 2.33. The van der Waals surface area contributed by atoms with Crippen molar-refractivity contribution in [1.29, 1.82) is 0 Å². The number of anilines is 2. The number of carbonyl (C=O) groups excluding carboxylic acids is 1. The van der Waals surface area contributed by atoms with Gasteiger partial charge in [-0.1, -0.05) is 29.8 Å². The number of amides is 1. The highest BCUT2D eigenvalue weighted by molar-refractivity contribution is 6.08. The molecular weight excluding hydrogens is 404 g/mol. The molecule has 0 saturated carbocycles. The van der Waals surface area contributed by atoms with E-state index in [2.05, 4.69) is 41.4 Å². The summed E-state index contributed by atoms with van der Waals surface area (Å²) in [5, 5.41) is 12.5. The van der Waals surface area contributed by atoms with Gasteiger partial charge in [0.15, 0.2) is 0 Å². The number of nitrogens with zero attached hydrogens (tertiary/aromatic N) is 1. The Morgan fingerprint density at radius 2 is 1.84 bits per heavy atom. The molecule has 1 saturated heterocycles. The number of methoxy groups -OCH3 is 1. The third-order valence-electron chi connectivity index (χ3n) is 5.90. The van der Waals surface area contributed by atoms with E-state index in [1.807, 2.05) is 6.07 Å². The third-order valence-corrected chi connectivity index (χ3v) is 5.90. The van der Waals surface area contributed by atoms with E-state index >= 15 is 0 Å². The summed E-state index contributed by atoms with van der Waals surface area (Å²) in [4.78, 5) is 26.7. The van der Waals surface area contributed by atoms with Gasteiger partial charge in [-0.05, 0) is 61.4 Å². The summed E-state index contributed by atoms with van der Waals surface area (Å²) in [5.74, 6) is -0.390. The number of carboxylic acids is 1. The second-order valence-electron chi connectivity index (χ2n) is 8.06. The number of ether oxygens (including phenoxy) is 1. The first kappa shape index (κ1) is 21.4. The Morgan fingerprint density at radius 3 is 2.53 bits per heavy atom. The fraction of sp³-hybridized carbons (Fsp3) is 0.231. The summed E-state index contributed by atoms with van der Waals surface area (Å²) >= 11 is 0. The molecule has 6 nitrogen and oxygen atoms in total. The predicted octanol–water partition coefficient (Wildman–Crippen LogP) is 4.95. The monoisotopic (exact) mass is 430 g/mol. The van der Waals surface area contributed by atoms with E-state index < -0.39 is 5.97 Å². The van der Waals surface area contributed by atoms with E-state index in [0.29, 0.717) is 17.2 Å². The Morgan fingerprint density at radius 1 is 1.06 bits per heavy atom. The van der Waals surface area contributed by atoms with Crippen LogP contribution in [0.2, 0.25) is 0 Å². The first-order chi connectivity index (χ1) is 15.4. The van der Waals surface area contributed by atoms with Gasteiger partial charge in [-0.25, -0.2) is 4.79 Å². The maximum Gasteiger partial charge on any atom is 0.337 e. The standard InChI is InChI=1S/C26H26N2O4/c1-17-4-3-5-19(14-17)20-12-13-28(16-20)21-8-11-24(23(15-21)26(30)31)27-25(29)18-6-9-22(32-2)10-7-18/h3-11,14-15,20H,12-13,16H2,1-2H3,(H,27,29)(H,30,31)/t20-/m0/s1. The van der Waals surface area contributed by atoms with Crippen LogP contribution in [-0.4, -0.2) is 37.2 Å². The predicted molar refractivity (Wildman–Crippen MR) is 125 cm³/mol. The van der Waals surface area contributed by atoms with Crippen molar-refractivity contribution in [2.75, 3.05) is 30.4 Å². The zero-order valence-corrected chi connectivity index (χ0v) is 18.2. The molecule has 1 heterocycles. The van der Waals surface area contributed by atoms with E-state index in [1.54, 1.807) is 43.5 Å². The number of benzene rings is 3. The number of nitrogens with one attached hydrogen (secondary N) is 1. The zero-order valence-electron chi connectivity index (χ0n) is 18.2. The topological polar surface area (TPSA) is 78.9 Å². The van der Waals surface area contributed by atoms with Crippen LogP contribution in [0.3, 0.4) is 0 Å². The van der Waals surface area contributed by atoms with Crippen LogP contribution in [0.15, 0.2) is 66.7 Å². The maximum atomic E-state index is 12.6. The molecule has 1 fully saturated rings. The molecule has 0 aromatic heterocycles. The van der Waals surface area contributed by atoms with Crippen molar-refractivity contribution in [1.82, 2.24) is 0 Å². The number of carboxylic acid groups (broad SMARTS) is 1. The normalized spacial score (nSPS) is 15.4. The molecule has 1 amide bonds. The Balaban J connectivity index is 1.51. The molecule has 0 bridgehead atoms. The van der Waals surface area contributed by atoms with Crippen LogP contribution in [0.25, 0.3) is 0 Å². The molecule has 0 spiro atoms. The Bertz CT molecular complexity index is 1140. The van der Waals surface area contributed by atoms with Gasteiger partial charge in [-0.15, -0.1) is 0 Å². The van der Waals surface area contributed by atoms with Gasteiger partial charge in [-0.3, -0.25) is 4.79 Å². The second kappa shape index (κ2) is 9.14. The minimum absolute atomic E-state index is 0.0726. The van der Waals surface area contributed by atoms with Crippen molar-refractivity contribution >= 4 is 23.3 Å². The number of carbonyl (C=O) groups is 2. The van der Waals surface area contributed by atoms with Crippen molar-refractivity contribution < 1.29 is 19.4 Å². The highest BCUT2D eigenvalue weighted by atomic mass is 16.5. The second-order valence-corrected chi connectivity index (χ2v) is 8.06. The van der Waals surface area contributed by atoms with E-state index in [4.69, 9.17) is 4.74 Å². The molecule has 32 heavy (non-hydrogen) atoms. The molecule has 3 aromatic carbocycles. The van der Waals surface area contributed by atoms with E-state index in [-0.39, 0.29) is 17.2 Å². The van der Waals surface area contributed by atoms with Crippen molar-refractivity contribution in [2.24, 2.45) is 0 Å². The summed E-state index contributed by atoms with van der Waals surface area (Å²) in [7, 11) is 1.55. The van der Waals surface area contributed by atoms with Gasteiger partial charge in [0.25, 0.3) is 5.91 Å². The largest absolute Gasteiger partial charge is 0.497 e. The molecule has 6 heteroatoms. The molecule has 2 N–H and O–H groups in total. The first-order valence-corrected chi connectivity index (χ1v) is 10.6. The van der Waals surface area contributed by atoms with E-state index in [1.165, 1.54) is 11.1 Å². The highest BCUT2D eigenvalue weighted by Gasteiger charge is 2.25. The number of hydrogen-bond acceptors (Lipinski definition) is 4. The summed E-state index contributed by atoms with van der Waals surface area (Å²) in [6.07, 6.45) is 1.02. The molecule has 3 aromatic rings. The molecule has 0 unspecified atom stereocenters. The Hall–Kier alpha value is -3.80. The quantitative estimate of drug-likeness (QED) is 0.579. The van der Waals surface area contributed by atoms with E-state index in [0.717, 1.165) is 25.2 Å². The summed E-state index contributed by atoms with van der Waals surface area (Å²) in [6, 6.07) is 20.4. The van der Waals surface area contributed by atoms with Crippen LogP contribution < -0.4 is 15.0 Å². The van der Waals surface area contributed by atoms with Crippen molar-refractivity contribution in [3.63, 3.8) is 0 Å². The van der Waals surface area contributed by atoms with Gasteiger partial charge in [0.1, 0.15) is 5.75 Å². The minimum atomic E-state index is -1.08. The molecule has 164 valence electrons. The van der Waals surface area contributed by atoms with Crippen LogP contribution >= 0.6 is 0 Å². The SMILES string of the molecule is COc1ccc(C(=O)Nc2ccc(N3CC[C@H](c4cccc(C)c4)C3)cc2C(=O)O)cc1. The average Bonchev–Trinajstić information content (AvgIpc) is 3.29. The smallest absolute Gasteiger partial charge is 0.337 e. The molecule has 4 rings (SSSR count). The molecule has 1 aliphatic heterocycles. The van der Waals surface area contributed by atoms with Gasteiger partial charge >= 0.3 is 5.97 Å². The molecule has 0 aliphatic carbocycles. The van der Waals surface area contributed by atoms with Crippen LogP contribution in [0.4, 0.5) is 11.4 Å². The van der Waals surface area contributed by atoms with Gasteiger partial charge in [-0.2, -0.15) is 0 Å². The van der Waals surface area contributed by atoms with Gasteiger partial charge in [0, 0.05) is 30.3 Å². The van der Waals surface area contributed by atoms with Crippen molar-refractivity contribution in [2.45, 2.75) is 19.3 Å². The molecule has 1 aliphatic rings. The lowest BCUT2D eigenvalue weighted by Gasteiger charge is -2.20. The molecule has 1 atom stereocenters. The summed E-state index contributed by atoms with van der Waals surface area (Å²) < 4.78 is 5.11. The fourth-order valence-electron chi connectivity index (χ4n) is 4.14. The van der Waals surface area contributed by atoms with Crippen LogP contribution in [0.1, 0.15) is 44.2 Å². The summed E-state index contributed by atoms with van der Waals surface area (Å²) in [6.45, 7) is 3.78. The van der Waals surface area contributed by atoms with E-state index in [9.17, 15) is 14.7 Å². The summed E-state index contributed by atoms with van der Waals surface area (Å²) in [5.41, 5.74) is 4.17. The lowest BCUT2D eigenvalue weighted by Crippen LogP contribution is -2.20. The number of aromatic carboxylic acids is 1. The van der Waals surface area contributed by atoms with Gasteiger partial charge in [0.05, 0.1) is 18.4 Å². The average molecular weight is 431 g/mol. The van der Waals surface area contributed by atoms with Crippen molar-refractivity contribution in [3.05, 3.63) is 89.0 Å². The maximum absolute atomic E-state index is 12.6. The first-order valence-electron chi connectivity index (χ1n) is 10.6. The lowest BCUT2D eigenvalue weighted by molar-refractivity contribution is 0.0698. The number of hydrogen-bond donors (Lipinski definition) is 2. The fourth-order valence-corrected chi connectivity index (χ4v) is 4.14. The molecule has 0 radical (unpaired) electrons. The van der Waals surface area contributed by atoms with Crippen LogP contribution in [0, 0.1) is 6.92 Å². The Labute approximate surface area is 187 Å². The zero-order chi connectivity index (χ0) is 22.7. The van der Waals surface area contributed by atoms with Gasteiger partial charge < -0.3 is 20.1 Å². The minimum Gasteiger partial charge on any atom is -0.497 e.